The van der Waals surface area contributed by atoms with Crippen LogP contribution in [0.25, 0.3) is 69.0 Å². The number of amides is 4. The fourth-order valence-corrected chi connectivity index (χ4v) is 12.5. The van der Waals surface area contributed by atoms with E-state index in [1.54, 1.807) is 72.1 Å². The summed E-state index contributed by atoms with van der Waals surface area (Å²) < 4.78 is 24.4. The number of furan rings is 2. The lowest BCUT2D eigenvalue weighted by molar-refractivity contribution is -0.122. The smallest absolute Gasteiger partial charge is 0.265 e. The van der Waals surface area contributed by atoms with Crippen LogP contribution in [0.5, 0.6) is 11.5 Å². The summed E-state index contributed by atoms with van der Waals surface area (Å²) in [6.45, 7) is 25.9. The molecule has 8 aliphatic rings. The van der Waals surface area contributed by atoms with Gasteiger partial charge >= 0.3 is 0 Å². The van der Waals surface area contributed by atoms with Gasteiger partial charge in [-0.25, -0.2) is 0 Å². The van der Waals surface area contributed by atoms with Crippen LogP contribution in [-0.2, 0) is 54.1 Å². The third-order valence-corrected chi connectivity index (χ3v) is 16.9. The number of benzene rings is 4. The highest BCUT2D eigenvalue weighted by atomic mass is 16.5. The van der Waals surface area contributed by atoms with Crippen molar-refractivity contribution in [1.29, 1.82) is 0 Å². The molecule has 8 aliphatic heterocycles. The van der Waals surface area contributed by atoms with Gasteiger partial charge in [-0.15, -0.1) is 0 Å². The Morgan fingerprint density at radius 2 is 0.780 bits per heavy atom. The maximum absolute atomic E-state index is 14.4. The number of methoxy groups -OCH3 is 2. The highest BCUT2D eigenvalue weighted by Crippen LogP contribution is 2.56. The molecule has 6 aromatic rings. The van der Waals surface area contributed by atoms with E-state index < -0.39 is 0 Å². The maximum atomic E-state index is 14.4. The SMILES string of the molecule is CC(C)(C)c1cc(C(C)(C)C)c2oc3c(c2c1)C=CN1C(=O)C2=C4c5oc6c(C(C)(C)C)cc(C(C)(C)C)cc6c5C=CN4C(=O)C2=C31.COc1cc2c(cc1OC)C1=C3C(=O)N4C=Cc5cc(CO)c(CO)cc5C4=C3C(=O)N1C=C2. The highest BCUT2D eigenvalue weighted by Gasteiger charge is 2.53. The molecule has 14 rings (SSSR count). The van der Waals surface area contributed by atoms with Crippen LogP contribution in [0.1, 0.15) is 161 Å². The van der Waals surface area contributed by atoms with Crippen LogP contribution in [-0.4, -0.2) is 67.7 Å². The van der Waals surface area contributed by atoms with Gasteiger partial charge in [0.2, 0.25) is 0 Å². The van der Waals surface area contributed by atoms with Crippen LogP contribution in [0.3, 0.4) is 0 Å². The molecule has 4 aromatic carbocycles. The Hall–Kier alpha value is -8.72. The molecule has 0 bridgehead atoms. The van der Waals surface area contributed by atoms with E-state index >= 15 is 0 Å². The van der Waals surface area contributed by atoms with Gasteiger partial charge in [0.25, 0.3) is 23.6 Å². The first-order chi connectivity index (χ1) is 38.7. The zero-order valence-corrected chi connectivity index (χ0v) is 48.6. The van der Waals surface area contributed by atoms with Crippen molar-refractivity contribution >= 4 is 92.7 Å². The number of nitrogens with zero attached hydrogens (tertiary/aromatic N) is 4. The van der Waals surface area contributed by atoms with E-state index in [1.807, 2.05) is 18.2 Å². The molecule has 14 nitrogen and oxygen atoms in total. The normalized spacial score (nSPS) is 17.5. The standard InChI is InChI=1S/C42H44N2O4.C26H20N2O6/c1-39(2,3)21-17-25-23-13-15-43-31(35(23)47-33(25)27(19-21)41(7,8)9)29-30(38(43)46)32-36-24(14-16-44(32)37(29)45)26-18-22(40(4,5)6)20-28(34(26)48-36)42(10,11)12;1-33-19-9-14-4-6-28-24(18(14)10-20(19)34-2)22-21(25(28)31)23-17-8-16(12-30)15(11-29)7-13(17)3-5-27(23)26(22)32/h13-20H,1-12H3;3-10,29-30H,11-12H2,1-2H3. The van der Waals surface area contributed by atoms with Gasteiger partial charge in [0.1, 0.15) is 22.6 Å². The summed E-state index contributed by atoms with van der Waals surface area (Å²) in [6.07, 6.45) is 14.4. The largest absolute Gasteiger partial charge is 0.493 e. The molecule has 4 amide bonds. The van der Waals surface area contributed by atoms with Crippen LogP contribution in [0.2, 0.25) is 0 Å². The summed E-state index contributed by atoms with van der Waals surface area (Å²) in [5, 5.41) is 21.5. The van der Waals surface area contributed by atoms with E-state index in [4.69, 9.17) is 18.3 Å². The second kappa shape index (κ2) is 17.4. The Bertz CT molecular complexity index is 4010. The minimum atomic E-state index is -0.300. The topological polar surface area (TPSA) is 166 Å². The fourth-order valence-electron chi connectivity index (χ4n) is 12.5. The highest BCUT2D eigenvalue weighted by molar-refractivity contribution is 6.33. The molecule has 0 saturated heterocycles. The van der Waals surface area contributed by atoms with Crippen LogP contribution < -0.4 is 9.47 Å². The molecule has 0 unspecified atom stereocenters. The maximum Gasteiger partial charge on any atom is 0.265 e. The molecule has 10 heterocycles. The lowest BCUT2D eigenvalue weighted by atomic mass is 9.79. The van der Waals surface area contributed by atoms with Crippen LogP contribution in [0.4, 0.5) is 0 Å². The Morgan fingerprint density at radius 1 is 0.427 bits per heavy atom. The van der Waals surface area contributed by atoms with Crippen molar-refractivity contribution < 1.29 is 47.7 Å². The van der Waals surface area contributed by atoms with Gasteiger partial charge in [-0.2, -0.15) is 0 Å². The quantitative estimate of drug-likeness (QED) is 0.173. The third kappa shape index (κ3) is 7.32. The number of aliphatic hydroxyl groups is 2. The summed E-state index contributed by atoms with van der Waals surface area (Å²) in [7, 11) is 3.09. The second-order valence-electron chi connectivity index (χ2n) is 26.2. The Labute approximate surface area is 475 Å². The minimum absolute atomic E-state index is 0.0763. The van der Waals surface area contributed by atoms with E-state index in [1.165, 1.54) is 28.0 Å². The minimum Gasteiger partial charge on any atom is -0.493 e. The molecule has 416 valence electrons. The van der Waals surface area contributed by atoms with Gasteiger partial charge < -0.3 is 28.5 Å². The predicted molar refractivity (Wildman–Crippen MR) is 316 cm³/mol. The fraction of sp³-hybridized carbons (Fsp3) is 0.294. The van der Waals surface area contributed by atoms with Crippen molar-refractivity contribution in [2.24, 2.45) is 0 Å². The molecular weight excluding hydrogens is 1030 g/mol. The number of carbonyl (C=O) groups excluding carboxylic acids is 4. The Kier molecular flexibility index (Phi) is 11.2. The van der Waals surface area contributed by atoms with Crippen LogP contribution in [0.15, 0.2) is 104 Å². The van der Waals surface area contributed by atoms with E-state index in [2.05, 4.69) is 107 Å². The van der Waals surface area contributed by atoms with Gasteiger partial charge in [-0.1, -0.05) is 95.2 Å². The van der Waals surface area contributed by atoms with Crippen molar-refractivity contribution in [2.45, 2.75) is 118 Å². The van der Waals surface area contributed by atoms with E-state index in [0.717, 1.165) is 55.3 Å². The molecule has 14 heteroatoms. The van der Waals surface area contributed by atoms with E-state index in [0.29, 0.717) is 90.4 Å². The molecule has 2 aromatic heterocycles. The summed E-state index contributed by atoms with van der Waals surface area (Å²) in [6, 6.07) is 16.0. The number of ether oxygens (including phenoxy) is 2. The molecule has 0 spiro atoms. The number of hydrogen-bond acceptors (Lipinski definition) is 10. The van der Waals surface area contributed by atoms with Crippen LogP contribution >= 0.6 is 0 Å². The first-order valence-corrected chi connectivity index (χ1v) is 27.6. The summed E-state index contributed by atoms with van der Waals surface area (Å²) in [5.41, 5.74) is 14.9. The van der Waals surface area contributed by atoms with Gasteiger partial charge in [0.05, 0.1) is 61.1 Å². The predicted octanol–water partition coefficient (Wildman–Crippen LogP) is 12.6. The van der Waals surface area contributed by atoms with Crippen molar-refractivity contribution in [1.82, 2.24) is 19.6 Å². The van der Waals surface area contributed by atoms with Crippen LogP contribution in [0, 0.1) is 0 Å². The summed E-state index contributed by atoms with van der Waals surface area (Å²) >= 11 is 0. The second-order valence-corrected chi connectivity index (χ2v) is 26.2. The average Bonchev–Trinajstić information content (AvgIpc) is 1.77. The zero-order chi connectivity index (χ0) is 58.3. The number of rotatable bonds is 4. The van der Waals surface area contributed by atoms with Crippen molar-refractivity contribution in [3.8, 4) is 11.5 Å². The first kappa shape index (κ1) is 52.6. The number of aliphatic hydroxyl groups excluding tert-OH is 2. The molecule has 0 radical (unpaired) electrons. The molecule has 82 heavy (non-hydrogen) atoms. The Morgan fingerprint density at radius 3 is 1.17 bits per heavy atom. The number of carbonyl (C=O) groups is 4. The lowest BCUT2D eigenvalue weighted by Gasteiger charge is -2.27. The van der Waals surface area contributed by atoms with Gasteiger partial charge in [0.15, 0.2) is 23.0 Å². The summed E-state index contributed by atoms with van der Waals surface area (Å²) in [4.78, 5) is 62.2. The monoisotopic (exact) mass is 1100 g/mol. The van der Waals surface area contributed by atoms with E-state index in [9.17, 15) is 29.4 Å². The van der Waals surface area contributed by atoms with Crippen molar-refractivity contribution in [2.75, 3.05) is 14.2 Å². The first-order valence-electron chi connectivity index (χ1n) is 27.6. The van der Waals surface area contributed by atoms with Gasteiger partial charge in [0, 0.05) is 69.0 Å². The molecule has 0 fully saturated rings. The Balaban J connectivity index is 0.000000163. The molecule has 2 N–H and O–H groups in total. The van der Waals surface area contributed by atoms with Crippen molar-refractivity contribution in [3.05, 3.63) is 174 Å². The van der Waals surface area contributed by atoms with Gasteiger partial charge in [-0.05, 0) is 116 Å². The summed E-state index contributed by atoms with van der Waals surface area (Å²) in [5.74, 6) is 1.04. The van der Waals surface area contributed by atoms with E-state index in [-0.39, 0.29) is 58.5 Å². The molecule has 0 aliphatic carbocycles. The zero-order valence-electron chi connectivity index (χ0n) is 48.6. The number of hydrogen-bond donors (Lipinski definition) is 2. The molecule has 0 atom stereocenters. The lowest BCUT2D eigenvalue weighted by Crippen LogP contribution is -2.27. The molecular formula is C68H64N4O10. The van der Waals surface area contributed by atoms with Gasteiger partial charge in [-0.3, -0.25) is 38.8 Å². The number of fused-ring (bicyclic) bond motifs is 18. The molecule has 0 saturated carbocycles. The third-order valence-electron chi connectivity index (χ3n) is 16.9. The average molecular weight is 1100 g/mol. The van der Waals surface area contributed by atoms with Crippen molar-refractivity contribution in [3.63, 3.8) is 0 Å².